The van der Waals surface area contributed by atoms with Crippen molar-refractivity contribution in [1.82, 2.24) is 5.43 Å². The second-order valence-corrected chi connectivity index (χ2v) is 6.91. The van der Waals surface area contributed by atoms with Crippen LogP contribution in [-0.2, 0) is 17.6 Å². The third-order valence-electron chi connectivity index (χ3n) is 4.31. The zero-order valence-corrected chi connectivity index (χ0v) is 16.1. The van der Waals surface area contributed by atoms with Crippen LogP contribution < -0.4 is 10.2 Å². The molecule has 3 rings (SSSR count). The second kappa shape index (κ2) is 8.77. The van der Waals surface area contributed by atoms with Crippen LogP contribution >= 0.6 is 15.9 Å². The van der Waals surface area contributed by atoms with E-state index in [1.54, 1.807) is 18.2 Å². The smallest absolute Gasteiger partial charge is 0.278 e. The van der Waals surface area contributed by atoms with Gasteiger partial charge in [-0.3, -0.25) is 14.9 Å². The number of amides is 1. The largest absolute Gasteiger partial charge is 0.483 e. The van der Waals surface area contributed by atoms with Gasteiger partial charge in [0.1, 0.15) is 5.75 Å². The van der Waals surface area contributed by atoms with Gasteiger partial charge in [-0.1, -0.05) is 18.2 Å². The van der Waals surface area contributed by atoms with Crippen molar-refractivity contribution in [2.24, 2.45) is 5.10 Å². The van der Waals surface area contributed by atoms with Crippen molar-refractivity contribution in [1.29, 1.82) is 0 Å². The lowest BCUT2D eigenvalue weighted by atomic mass is 9.92. The summed E-state index contributed by atoms with van der Waals surface area (Å²) in [6.45, 7) is -0.203. The van der Waals surface area contributed by atoms with Crippen LogP contribution in [0.1, 0.15) is 29.5 Å². The highest BCUT2D eigenvalue weighted by atomic mass is 79.9. The summed E-state index contributed by atoms with van der Waals surface area (Å²) in [5.41, 5.74) is 5.11. The Morgan fingerprint density at radius 2 is 2.04 bits per heavy atom. The highest BCUT2D eigenvalue weighted by Gasteiger charge is 2.16. The van der Waals surface area contributed by atoms with Gasteiger partial charge in [0.05, 0.1) is 21.2 Å². The molecule has 0 unspecified atom stereocenters. The Labute approximate surface area is 164 Å². The molecule has 1 aliphatic carbocycles. The molecule has 1 amide bonds. The molecule has 2 aromatic rings. The summed E-state index contributed by atoms with van der Waals surface area (Å²) in [5.74, 6) is 0.169. The molecular formula is C19H18BrN3O4. The van der Waals surface area contributed by atoms with E-state index in [0.29, 0.717) is 11.3 Å². The molecule has 1 N–H and O–H groups in total. The maximum Gasteiger partial charge on any atom is 0.278 e. The van der Waals surface area contributed by atoms with Gasteiger partial charge in [0, 0.05) is 6.07 Å². The van der Waals surface area contributed by atoms with Crippen LogP contribution in [0.15, 0.2) is 46.0 Å². The molecule has 140 valence electrons. The predicted octanol–water partition coefficient (Wildman–Crippen LogP) is 3.77. The molecule has 1 aliphatic rings. The molecule has 0 saturated heterocycles. The number of hydrazone groups is 1. The van der Waals surface area contributed by atoms with Crippen LogP contribution in [-0.4, -0.2) is 23.7 Å². The van der Waals surface area contributed by atoms with Gasteiger partial charge in [0.25, 0.3) is 11.6 Å². The number of nitrogens with zero attached hydrogens (tertiary/aromatic N) is 2. The average molecular weight is 432 g/mol. The van der Waals surface area contributed by atoms with E-state index in [4.69, 9.17) is 4.74 Å². The minimum Gasteiger partial charge on any atom is -0.483 e. The number of rotatable bonds is 6. The van der Waals surface area contributed by atoms with Crippen molar-refractivity contribution in [2.75, 3.05) is 6.61 Å². The van der Waals surface area contributed by atoms with Crippen molar-refractivity contribution < 1.29 is 14.5 Å². The monoisotopic (exact) mass is 431 g/mol. The van der Waals surface area contributed by atoms with Gasteiger partial charge in [0.2, 0.25) is 0 Å². The van der Waals surface area contributed by atoms with Crippen LogP contribution in [0.4, 0.5) is 5.69 Å². The number of hydrogen-bond donors (Lipinski definition) is 1. The lowest BCUT2D eigenvalue weighted by molar-refractivity contribution is -0.385. The minimum absolute atomic E-state index is 0.0789. The van der Waals surface area contributed by atoms with Crippen LogP contribution in [0.3, 0.4) is 0 Å². The predicted molar refractivity (Wildman–Crippen MR) is 105 cm³/mol. The number of hydrogen-bond acceptors (Lipinski definition) is 5. The number of halogens is 1. The number of para-hydroxylation sites is 1. The van der Waals surface area contributed by atoms with Crippen LogP contribution in [0.25, 0.3) is 0 Å². The third-order valence-corrected chi connectivity index (χ3v) is 5.18. The molecule has 0 radical (unpaired) electrons. The van der Waals surface area contributed by atoms with Crippen LogP contribution in [0.5, 0.6) is 5.75 Å². The molecule has 0 fully saturated rings. The molecular weight excluding hydrogens is 414 g/mol. The van der Waals surface area contributed by atoms with E-state index in [1.807, 2.05) is 12.1 Å². The Balaban J connectivity index is 1.57. The van der Waals surface area contributed by atoms with E-state index < -0.39 is 10.8 Å². The number of nitro groups is 1. The Kier molecular flexibility index (Phi) is 6.18. The highest BCUT2D eigenvalue weighted by molar-refractivity contribution is 9.10. The van der Waals surface area contributed by atoms with Crippen LogP contribution in [0, 0.1) is 10.1 Å². The van der Waals surface area contributed by atoms with Crippen molar-refractivity contribution in [3.8, 4) is 5.75 Å². The van der Waals surface area contributed by atoms with E-state index in [1.165, 1.54) is 29.8 Å². The maximum absolute atomic E-state index is 11.9. The fourth-order valence-corrected chi connectivity index (χ4v) is 3.68. The van der Waals surface area contributed by atoms with Crippen molar-refractivity contribution in [3.05, 3.63) is 67.7 Å². The van der Waals surface area contributed by atoms with E-state index in [9.17, 15) is 14.9 Å². The number of carbonyl (C=O) groups excluding carboxylic acids is 1. The quantitative estimate of drug-likeness (QED) is 0.427. The third kappa shape index (κ3) is 4.71. The van der Waals surface area contributed by atoms with Gasteiger partial charge < -0.3 is 4.74 Å². The average Bonchev–Trinajstić information content (AvgIpc) is 2.68. The molecule has 2 aromatic carbocycles. The summed E-state index contributed by atoms with van der Waals surface area (Å²) in [5, 5.41) is 14.7. The standard InChI is InChI=1S/C19H18BrN3O4/c20-19-15-7-3-1-5-13(15)9-10-17(19)27-12-18(24)22-21-11-14-6-2-4-8-16(14)23(25)26/h2,4,6,8-11H,1,3,5,7,12H2,(H,22,24)/b21-11-. The van der Waals surface area contributed by atoms with E-state index in [0.717, 1.165) is 23.7 Å². The first-order valence-electron chi connectivity index (χ1n) is 8.54. The fraction of sp³-hybridized carbons (Fsp3) is 0.263. The molecule has 27 heavy (non-hydrogen) atoms. The van der Waals surface area contributed by atoms with Gasteiger partial charge >= 0.3 is 0 Å². The number of fused-ring (bicyclic) bond motifs is 1. The van der Waals surface area contributed by atoms with Gasteiger partial charge in [0.15, 0.2) is 6.61 Å². The zero-order valence-electron chi connectivity index (χ0n) is 14.5. The summed E-state index contributed by atoms with van der Waals surface area (Å²) >= 11 is 3.57. The number of benzene rings is 2. The summed E-state index contributed by atoms with van der Waals surface area (Å²) in [6, 6.07) is 10.1. The number of aryl methyl sites for hydroxylation is 1. The normalized spacial score (nSPS) is 13.2. The maximum atomic E-state index is 11.9. The second-order valence-electron chi connectivity index (χ2n) is 6.12. The molecule has 8 heteroatoms. The summed E-state index contributed by atoms with van der Waals surface area (Å²) in [4.78, 5) is 22.4. The summed E-state index contributed by atoms with van der Waals surface area (Å²) < 4.78 is 6.49. The molecule has 0 aromatic heterocycles. The highest BCUT2D eigenvalue weighted by Crippen LogP contribution is 2.35. The van der Waals surface area contributed by atoms with E-state index in [-0.39, 0.29) is 12.3 Å². The first-order valence-corrected chi connectivity index (χ1v) is 9.34. The number of nitro benzene ring substituents is 1. The van der Waals surface area contributed by atoms with E-state index >= 15 is 0 Å². The molecule has 0 aliphatic heterocycles. The van der Waals surface area contributed by atoms with Gasteiger partial charge in [-0.2, -0.15) is 5.10 Å². The number of ether oxygens (including phenoxy) is 1. The molecule has 0 saturated carbocycles. The number of nitrogens with one attached hydrogen (secondary N) is 1. The fourth-order valence-electron chi connectivity index (χ4n) is 2.99. The first kappa shape index (κ1) is 19.0. The Bertz CT molecular complexity index is 899. The Morgan fingerprint density at radius 3 is 2.85 bits per heavy atom. The Hall–Kier alpha value is -2.74. The van der Waals surface area contributed by atoms with Gasteiger partial charge in [-0.15, -0.1) is 0 Å². The number of carbonyl (C=O) groups is 1. The SMILES string of the molecule is O=C(COc1ccc2c(c1Br)CCCC2)N/N=C\c1ccccc1[N+](=O)[O-]. The summed E-state index contributed by atoms with van der Waals surface area (Å²) in [6.07, 6.45) is 5.65. The van der Waals surface area contributed by atoms with Crippen molar-refractivity contribution >= 4 is 33.7 Å². The van der Waals surface area contributed by atoms with E-state index in [2.05, 4.69) is 26.5 Å². The summed E-state index contributed by atoms with van der Waals surface area (Å²) in [7, 11) is 0. The van der Waals surface area contributed by atoms with Crippen LogP contribution in [0.2, 0.25) is 0 Å². The lowest BCUT2D eigenvalue weighted by Crippen LogP contribution is -2.24. The zero-order chi connectivity index (χ0) is 19.2. The molecule has 0 atom stereocenters. The van der Waals surface area contributed by atoms with Crippen molar-refractivity contribution in [2.45, 2.75) is 25.7 Å². The lowest BCUT2D eigenvalue weighted by Gasteiger charge is -2.19. The Morgan fingerprint density at radius 1 is 1.26 bits per heavy atom. The van der Waals surface area contributed by atoms with Crippen molar-refractivity contribution in [3.63, 3.8) is 0 Å². The molecule has 0 heterocycles. The molecule has 7 nitrogen and oxygen atoms in total. The van der Waals surface area contributed by atoms with Gasteiger partial charge in [-0.05, 0) is 64.9 Å². The minimum atomic E-state index is -0.500. The molecule has 0 bridgehead atoms. The van der Waals surface area contributed by atoms with Gasteiger partial charge in [-0.25, -0.2) is 5.43 Å². The molecule has 0 spiro atoms. The topological polar surface area (TPSA) is 93.8 Å². The first-order chi connectivity index (χ1) is 13.1.